The van der Waals surface area contributed by atoms with Gasteiger partial charge in [0.15, 0.2) is 0 Å². The van der Waals surface area contributed by atoms with E-state index in [1.54, 1.807) is 0 Å². The smallest absolute Gasteiger partial charge is 0.303 e. The topological polar surface area (TPSA) is 66.4 Å². The van der Waals surface area contributed by atoms with Crippen molar-refractivity contribution in [3.05, 3.63) is 0 Å². The van der Waals surface area contributed by atoms with Gasteiger partial charge >= 0.3 is 5.97 Å². The Labute approximate surface area is 100 Å². The molecule has 0 aliphatic carbocycles. The molecule has 1 rings (SSSR count). The van der Waals surface area contributed by atoms with E-state index in [1.807, 2.05) is 18.7 Å². The lowest BCUT2D eigenvalue weighted by Gasteiger charge is -2.14. The summed E-state index contributed by atoms with van der Waals surface area (Å²) in [5, 5.41) is 11.4. The monoisotopic (exact) mass is 245 g/mol. The Morgan fingerprint density at radius 1 is 1.56 bits per heavy atom. The van der Waals surface area contributed by atoms with Crippen molar-refractivity contribution in [1.82, 2.24) is 5.32 Å². The molecule has 0 aromatic rings. The third kappa shape index (κ3) is 4.88. The fourth-order valence-electron chi connectivity index (χ4n) is 1.63. The summed E-state index contributed by atoms with van der Waals surface area (Å²) >= 11 is 1.82. The number of hydrogen-bond donors (Lipinski definition) is 2. The molecule has 0 spiro atoms. The second kappa shape index (κ2) is 6.78. The van der Waals surface area contributed by atoms with Crippen LogP contribution in [0, 0.1) is 11.8 Å². The maximum Gasteiger partial charge on any atom is 0.303 e. The van der Waals surface area contributed by atoms with Gasteiger partial charge in [-0.15, -0.1) is 0 Å². The van der Waals surface area contributed by atoms with Crippen molar-refractivity contribution < 1.29 is 14.7 Å². The number of rotatable bonds is 6. The van der Waals surface area contributed by atoms with Crippen molar-refractivity contribution >= 4 is 23.6 Å². The first-order valence-electron chi connectivity index (χ1n) is 5.67. The maximum atomic E-state index is 11.6. The average Bonchev–Trinajstić information content (AvgIpc) is 2.76. The summed E-state index contributed by atoms with van der Waals surface area (Å²) in [6.45, 7) is 2.56. The number of hydrogen-bond acceptors (Lipinski definition) is 3. The molecule has 1 heterocycles. The molecule has 0 saturated carbocycles. The molecule has 16 heavy (non-hydrogen) atoms. The molecule has 92 valence electrons. The van der Waals surface area contributed by atoms with Gasteiger partial charge in [-0.2, -0.15) is 11.8 Å². The Bertz CT molecular complexity index is 252. The van der Waals surface area contributed by atoms with Crippen LogP contribution < -0.4 is 5.32 Å². The average molecular weight is 245 g/mol. The van der Waals surface area contributed by atoms with Gasteiger partial charge in [-0.1, -0.05) is 6.92 Å². The lowest BCUT2D eigenvalue weighted by molar-refractivity contribution is -0.137. The Morgan fingerprint density at radius 2 is 2.31 bits per heavy atom. The zero-order valence-electron chi connectivity index (χ0n) is 9.57. The molecular weight excluding hydrogens is 226 g/mol. The number of carboxylic acids is 1. The van der Waals surface area contributed by atoms with Crippen LogP contribution in [-0.4, -0.2) is 35.0 Å². The van der Waals surface area contributed by atoms with E-state index >= 15 is 0 Å². The SMILES string of the molecule is CC(CCC(=O)O)CNC(=O)C1CCSC1. The minimum absolute atomic E-state index is 0.132. The standard InChI is InChI=1S/C11H19NO3S/c1-8(2-3-10(13)14)6-12-11(15)9-4-5-16-7-9/h8-9H,2-7H2,1H3,(H,12,15)(H,13,14). The molecule has 1 fully saturated rings. The summed E-state index contributed by atoms with van der Waals surface area (Å²) in [6, 6.07) is 0. The van der Waals surface area contributed by atoms with Crippen LogP contribution >= 0.6 is 11.8 Å². The summed E-state index contributed by atoms with van der Waals surface area (Å²) in [4.78, 5) is 22.0. The highest BCUT2D eigenvalue weighted by atomic mass is 32.2. The van der Waals surface area contributed by atoms with Crippen LogP contribution in [0.1, 0.15) is 26.2 Å². The normalized spacial score (nSPS) is 21.7. The molecule has 0 radical (unpaired) electrons. The third-order valence-corrected chi connectivity index (χ3v) is 3.94. The molecule has 0 bridgehead atoms. The van der Waals surface area contributed by atoms with E-state index in [9.17, 15) is 9.59 Å². The summed E-state index contributed by atoms with van der Waals surface area (Å²) in [5.74, 6) is 1.76. The molecule has 2 atom stereocenters. The van der Waals surface area contributed by atoms with Crippen molar-refractivity contribution in [2.45, 2.75) is 26.2 Å². The highest BCUT2D eigenvalue weighted by Crippen LogP contribution is 2.23. The number of amides is 1. The molecule has 1 aliphatic heterocycles. The summed E-state index contributed by atoms with van der Waals surface area (Å²) in [6.07, 6.45) is 1.77. The summed E-state index contributed by atoms with van der Waals surface area (Å²) in [7, 11) is 0. The minimum atomic E-state index is -0.773. The van der Waals surface area contributed by atoms with Crippen LogP contribution in [0.2, 0.25) is 0 Å². The lowest BCUT2D eigenvalue weighted by atomic mass is 10.0. The van der Waals surface area contributed by atoms with Crippen LogP contribution in [-0.2, 0) is 9.59 Å². The molecule has 0 aromatic carbocycles. The van der Waals surface area contributed by atoms with E-state index < -0.39 is 5.97 Å². The van der Waals surface area contributed by atoms with Gasteiger partial charge in [-0.05, 0) is 24.5 Å². The van der Waals surface area contributed by atoms with E-state index in [0.29, 0.717) is 13.0 Å². The van der Waals surface area contributed by atoms with E-state index in [0.717, 1.165) is 17.9 Å². The van der Waals surface area contributed by atoms with Crippen molar-refractivity contribution in [3.63, 3.8) is 0 Å². The van der Waals surface area contributed by atoms with Gasteiger partial charge < -0.3 is 10.4 Å². The molecule has 0 aromatic heterocycles. The van der Waals surface area contributed by atoms with Gasteiger partial charge in [0, 0.05) is 24.6 Å². The lowest BCUT2D eigenvalue weighted by Crippen LogP contribution is -2.33. The molecule has 2 N–H and O–H groups in total. The third-order valence-electron chi connectivity index (χ3n) is 2.78. The fraction of sp³-hybridized carbons (Fsp3) is 0.818. The van der Waals surface area contributed by atoms with Crippen molar-refractivity contribution in [2.24, 2.45) is 11.8 Å². The first-order chi connectivity index (χ1) is 7.59. The first-order valence-corrected chi connectivity index (χ1v) is 6.82. The Morgan fingerprint density at radius 3 is 2.88 bits per heavy atom. The predicted molar refractivity (Wildman–Crippen MR) is 64.5 cm³/mol. The Balaban J connectivity index is 2.12. The quantitative estimate of drug-likeness (QED) is 0.741. The van der Waals surface area contributed by atoms with Crippen molar-refractivity contribution in [1.29, 1.82) is 0 Å². The van der Waals surface area contributed by atoms with Gasteiger partial charge in [0.1, 0.15) is 0 Å². The molecule has 1 aliphatic rings. The predicted octanol–water partition coefficient (Wildman–Crippen LogP) is 1.36. The van der Waals surface area contributed by atoms with Crippen molar-refractivity contribution in [2.75, 3.05) is 18.1 Å². The van der Waals surface area contributed by atoms with Gasteiger partial charge in [0.05, 0.1) is 0 Å². The molecule has 4 nitrogen and oxygen atoms in total. The minimum Gasteiger partial charge on any atom is -0.481 e. The summed E-state index contributed by atoms with van der Waals surface area (Å²) < 4.78 is 0. The van der Waals surface area contributed by atoms with Gasteiger partial charge in [0.2, 0.25) is 5.91 Å². The number of carbonyl (C=O) groups excluding carboxylic acids is 1. The number of thioether (sulfide) groups is 1. The van der Waals surface area contributed by atoms with Crippen LogP contribution in [0.5, 0.6) is 0 Å². The largest absolute Gasteiger partial charge is 0.481 e. The zero-order valence-corrected chi connectivity index (χ0v) is 10.4. The van der Waals surface area contributed by atoms with Crippen molar-refractivity contribution in [3.8, 4) is 0 Å². The number of nitrogens with one attached hydrogen (secondary N) is 1. The maximum absolute atomic E-state index is 11.6. The first kappa shape index (κ1) is 13.4. The van der Waals surface area contributed by atoms with Gasteiger partial charge in [-0.3, -0.25) is 9.59 Å². The van der Waals surface area contributed by atoms with Crippen LogP contribution in [0.4, 0.5) is 0 Å². The zero-order chi connectivity index (χ0) is 12.0. The molecule has 1 amide bonds. The second-order valence-electron chi connectivity index (χ2n) is 4.34. The molecule has 2 unspecified atom stereocenters. The Hall–Kier alpha value is -0.710. The Kier molecular flexibility index (Phi) is 5.66. The van der Waals surface area contributed by atoms with E-state index in [-0.39, 0.29) is 24.2 Å². The fourth-order valence-corrected chi connectivity index (χ4v) is 2.85. The molecule has 1 saturated heterocycles. The molecular formula is C11H19NO3S. The second-order valence-corrected chi connectivity index (χ2v) is 5.49. The number of carbonyl (C=O) groups is 2. The highest BCUT2D eigenvalue weighted by Gasteiger charge is 2.23. The van der Waals surface area contributed by atoms with Crippen LogP contribution in [0.3, 0.4) is 0 Å². The van der Waals surface area contributed by atoms with Crippen LogP contribution in [0.15, 0.2) is 0 Å². The highest BCUT2D eigenvalue weighted by molar-refractivity contribution is 7.99. The number of aliphatic carboxylic acids is 1. The summed E-state index contributed by atoms with van der Waals surface area (Å²) in [5.41, 5.74) is 0. The number of carboxylic acid groups (broad SMARTS) is 1. The molecule has 5 heteroatoms. The van der Waals surface area contributed by atoms with E-state index in [4.69, 9.17) is 5.11 Å². The van der Waals surface area contributed by atoms with E-state index in [2.05, 4.69) is 5.32 Å². The van der Waals surface area contributed by atoms with Gasteiger partial charge in [0.25, 0.3) is 0 Å². The van der Waals surface area contributed by atoms with Crippen LogP contribution in [0.25, 0.3) is 0 Å². The van der Waals surface area contributed by atoms with E-state index in [1.165, 1.54) is 0 Å². The van der Waals surface area contributed by atoms with Gasteiger partial charge in [-0.25, -0.2) is 0 Å².